The predicted molar refractivity (Wildman–Crippen MR) is 132 cm³/mol. The van der Waals surface area contributed by atoms with E-state index in [0.29, 0.717) is 37.0 Å². The summed E-state index contributed by atoms with van der Waals surface area (Å²) in [5.74, 6) is 1.82. The number of nitrogens with one attached hydrogen (secondary N) is 1. The average molecular weight is 452 g/mol. The van der Waals surface area contributed by atoms with Gasteiger partial charge in [0, 0.05) is 38.3 Å². The first kappa shape index (κ1) is 24.6. The van der Waals surface area contributed by atoms with Crippen LogP contribution in [0.15, 0.2) is 54.6 Å². The molecule has 6 heteroatoms. The first-order valence-electron chi connectivity index (χ1n) is 12.0. The first-order chi connectivity index (χ1) is 15.9. The molecule has 0 radical (unpaired) electrons. The van der Waals surface area contributed by atoms with Gasteiger partial charge in [-0.3, -0.25) is 4.79 Å². The lowest BCUT2D eigenvalue weighted by atomic mass is 9.90. The molecule has 1 saturated heterocycles. The van der Waals surface area contributed by atoms with Crippen LogP contribution >= 0.6 is 0 Å². The zero-order valence-corrected chi connectivity index (χ0v) is 20.1. The van der Waals surface area contributed by atoms with E-state index in [-0.39, 0.29) is 11.9 Å². The van der Waals surface area contributed by atoms with E-state index < -0.39 is 0 Å². The lowest BCUT2D eigenvalue weighted by Crippen LogP contribution is -2.43. The van der Waals surface area contributed by atoms with Gasteiger partial charge in [0.25, 0.3) is 0 Å². The minimum atomic E-state index is -0.178. The maximum Gasteiger partial charge on any atom is 0.321 e. The summed E-state index contributed by atoms with van der Waals surface area (Å²) in [5.41, 5.74) is 2.08. The maximum atomic E-state index is 12.9. The molecule has 1 N–H and O–H groups in total. The zero-order valence-electron chi connectivity index (χ0n) is 20.1. The molecule has 3 amide bonds. The van der Waals surface area contributed by atoms with E-state index in [1.165, 1.54) is 5.56 Å². The molecule has 0 unspecified atom stereocenters. The summed E-state index contributed by atoms with van der Waals surface area (Å²) in [7, 11) is 1.61. The van der Waals surface area contributed by atoms with Gasteiger partial charge in [-0.15, -0.1) is 0 Å². The standard InChI is InChI=1S/C27H37N3O3/c1-21(2)20-30(27(32)28-24-9-11-25(33-3)12-10-24)18-15-26(31)29-16-13-23(14-17-29)19-22-7-5-4-6-8-22/h4-12,21,23H,13-20H2,1-3H3,(H,28,32). The van der Waals surface area contributed by atoms with E-state index in [1.807, 2.05) is 35.2 Å². The minimum absolute atomic E-state index is 0.138. The molecule has 0 bridgehead atoms. The second kappa shape index (κ2) is 12.3. The molecule has 1 aliphatic heterocycles. The zero-order chi connectivity index (χ0) is 23.6. The Hall–Kier alpha value is -3.02. The quantitative estimate of drug-likeness (QED) is 0.580. The number of hydrogen-bond acceptors (Lipinski definition) is 3. The van der Waals surface area contributed by atoms with Crippen LogP contribution in [0, 0.1) is 11.8 Å². The first-order valence-corrected chi connectivity index (χ1v) is 12.0. The summed E-state index contributed by atoms with van der Waals surface area (Å²) in [4.78, 5) is 29.4. The van der Waals surface area contributed by atoms with E-state index in [0.717, 1.165) is 38.1 Å². The fraction of sp³-hybridized carbons (Fsp3) is 0.481. The Labute approximate surface area is 197 Å². The average Bonchev–Trinajstić information content (AvgIpc) is 2.83. The number of carbonyl (C=O) groups excluding carboxylic acids is 2. The van der Waals surface area contributed by atoms with Crippen molar-refractivity contribution in [2.75, 3.05) is 38.6 Å². The van der Waals surface area contributed by atoms with Crippen molar-refractivity contribution in [1.82, 2.24) is 9.80 Å². The summed E-state index contributed by atoms with van der Waals surface area (Å²) in [5, 5.41) is 2.94. The van der Waals surface area contributed by atoms with E-state index in [2.05, 4.69) is 43.4 Å². The number of piperidine rings is 1. The van der Waals surface area contributed by atoms with Gasteiger partial charge in [-0.2, -0.15) is 0 Å². The summed E-state index contributed by atoms with van der Waals surface area (Å²) >= 11 is 0. The van der Waals surface area contributed by atoms with Crippen molar-refractivity contribution in [3.63, 3.8) is 0 Å². The van der Waals surface area contributed by atoms with Crippen LogP contribution in [0.25, 0.3) is 0 Å². The Morgan fingerprint density at radius 1 is 1.06 bits per heavy atom. The number of anilines is 1. The van der Waals surface area contributed by atoms with Crippen molar-refractivity contribution in [3.8, 4) is 5.75 Å². The molecule has 0 aromatic heterocycles. The number of rotatable bonds is 9. The van der Waals surface area contributed by atoms with Gasteiger partial charge < -0.3 is 19.9 Å². The number of hydrogen-bond donors (Lipinski definition) is 1. The molecule has 3 rings (SSSR count). The summed E-state index contributed by atoms with van der Waals surface area (Å²) < 4.78 is 5.17. The molecule has 2 aromatic carbocycles. The molecular weight excluding hydrogens is 414 g/mol. The second-order valence-electron chi connectivity index (χ2n) is 9.26. The van der Waals surface area contributed by atoms with Gasteiger partial charge in [0.1, 0.15) is 5.75 Å². The minimum Gasteiger partial charge on any atom is -0.497 e. The molecule has 33 heavy (non-hydrogen) atoms. The third-order valence-electron chi connectivity index (χ3n) is 6.14. The number of ether oxygens (including phenoxy) is 1. The topological polar surface area (TPSA) is 61.9 Å². The Bertz CT molecular complexity index is 875. The van der Waals surface area contributed by atoms with E-state index >= 15 is 0 Å². The van der Waals surface area contributed by atoms with Crippen molar-refractivity contribution >= 4 is 17.6 Å². The third-order valence-corrected chi connectivity index (χ3v) is 6.14. The van der Waals surface area contributed by atoms with Crippen LogP contribution in [-0.4, -0.2) is 55.0 Å². The fourth-order valence-electron chi connectivity index (χ4n) is 4.32. The lowest BCUT2D eigenvalue weighted by molar-refractivity contribution is -0.132. The highest BCUT2D eigenvalue weighted by Gasteiger charge is 2.24. The van der Waals surface area contributed by atoms with Gasteiger partial charge in [0.05, 0.1) is 7.11 Å². The molecule has 6 nitrogen and oxygen atoms in total. The highest BCUT2D eigenvalue weighted by atomic mass is 16.5. The second-order valence-corrected chi connectivity index (χ2v) is 9.26. The van der Waals surface area contributed by atoms with Crippen LogP contribution in [-0.2, 0) is 11.2 Å². The van der Waals surface area contributed by atoms with Crippen molar-refractivity contribution in [3.05, 3.63) is 60.2 Å². The number of carbonyl (C=O) groups is 2. The SMILES string of the molecule is COc1ccc(NC(=O)N(CCC(=O)N2CCC(Cc3ccccc3)CC2)CC(C)C)cc1. The highest BCUT2D eigenvalue weighted by molar-refractivity contribution is 5.89. The molecule has 0 spiro atoms. The van der Waals surface area contributed by atoms with Crippen LogP contribution in [0.4, 0.5) is 10.5 Å². The van der Waals surface area contributed by atoms with Gasteiger partial charge >= 0.3 is 6.03 Å². The van der Waals surface area contributed by atoms with E-state index in [1.54, 1.807) is 12.0 Å². The smallest absolute Gasteiger partial charge is 0.321 e. The Kier molecular flexibility index (Phi) is 9.16. The molecule has 0 atom stereocenters. The molecule has 0 aliphatic carbocycles. The molecule has 0 saturated carbocycles. The number of benzene rings is 2. The molecule has 1 heterocycles. The van der Waals surface area contributed by atoms with Gasteiger partial charge in [-0.1, -0.05) is 44.2 Å². The predicted octanol–water partition coefficient (Wildman–Crippen LogP) is 5.06. The monoisotopic (exact) mass is 451 g/mol. The largest absolute Gasteiger partial charge is 0.497 e. The van der Waals surface area contributed by atoms with Crippen molar-refractivity contribution < 1.29 is 14.3 Å². The molecule has 178 valence electrons. The summed E-state index contributed by atoms with van der Waals surface area (Å²) in [6.45, 7) is 6.79. The Morgan fingerprint density at radius 3 is 2.33 bits per heavy atom. The highest BCUT2D eigenvalue weighted by Crippen LogP contribution is 2.22. The Morgan fingerprint density at radius 2 is 1.73 bits per heavy atom. The normalized spacial score (nSPS) is 14.2. The van der Waals surface area contributed by atoms with E-state index in [4.69, 9.17) is 4.74 Å². The van der Waals surface area contributed by atoms with Gasteiger partial charge in [0.15, 0.2) is 0 Å². The lowest BCUT2D eigenvalue weighted by Gasteiger charge is -2.33. The van der Waals surface area contributed by atoms with Crippen molar-refractivity contribution in [1.29, 1.82) is 0 Å². The van der Waals surface area contributed by atoms with Crippen molar-refractivity contribution in [2.45, 2.75) is 39.5 Å². The van der Waals surface area contributed by atoms with Crippen LogP contribution < -0.4 is 10.1 Å². The Balaban J connectivity index is 1.47. The fourth-order valence-corrected chi connectivity index (χ4v) is 4.32. The number of likely N-dealkylation sites (tertiary alicyclic amines) is 1. The molecule has 1 aliphatic rings. The molecule has 2 aromatic rings. The van der Waals surface area contributed by atoms with Crippen molar-refractivity contribution in [2.24, 2.45) is 11.8 Å². The third kappa shape index (κ3) is 7.81. The van der Waals surface area contributed by atoms with Gasteiger partial charge in [-0.05, 0) is 60.9 Å². The van der Waals surface area contributed by atoms with E-state index in [9.17, 15) is 9.59 Å². The summed E-state index contributed by atoms with van der Waals surface area (Å²) in [6, 6.07) is 17.7. The summed E-state index contributed by atoms with van der Waals surface area (Å²) in [6.07, 6.45) is 3.51. The molecular formula is C27H37N3O3. The molecule has 1 fully saturated rings. The van der Waals surface area contributed by atoms with Crippen LogP contribution in [0.5, 0.6) is 5.75 Å². The number of amides is 3. The van der Waals surface area contributed by atoms with Gasteiger partial charge in [-0.25, -0.2) is 4.79 Å². The number of nitrogens with zero attached hydrogens (tertiary/aromatic N) is 2. The van der Waals surface area contributed by atoms with Gasteiger partial charge in [0.2, 0.25) is 5.91 Å². The number of urea groups is 1. The number of methoxy groups -OCH3 is 1. The van der Waals surface area contributed by atoms with Crippen LogP contribution in [0.2, 0.25) is 0 Å². The maximum absolute atomic E-state index is 12.9. The van der Waals surface area contributed by atoms with Crippen LogP contribution in [0.3, 0.4) is 0 Å². The van der Waals surface area contributed by atoms with Crippen LogP contribution in [0.1, 0.15) is 38.7 Å².